The topological polar surface area (TPSA) is 29.1 Å². The first-order valence-electron chi connectivity index (χ1n) is 5.75. The van der Waals surface area contributed by atoms with Crippen LogP contribution in [0, 0.1) is 0 Å². The molecule has 0 spiro atoms. The van der Waals surface area contributed by atoms with E-state index in [0.29, 0.717) is 26.3 Å². The number of carbonyl (C=O) groups is 1. The monoisotopic (exact) mass is 325 g/mol. The third-order valence-corrected chi connectivity index (χ3v) is 3.40. The summed E-state index contributed by atoms with van der Waals surface area (Å²) < 4.78 is 0. The Labute approximate surface area is 132 Å². The zero-order valence-corrected chi connectivity index (χ0v) is 12.5. The number of carbonyl (C=O) groups excluding carboxylic acids is 1. The van der Waals surface area contributed by atoms with Gasteiger partial charge in [0.1, 0.15) is 0 Å². The van der Waals surface area contributed by atoms with E-state index in [2.05, 4.69) is 5.32 Å². The largest absolute Gasteiger partial charge is 0.321 e. The van der Waals surface area contributed by atoms with Crippen LogP contribution in [0.1, 0.15) is 5.56 Å². The number of amides is 1. The molecule has 0 heterocycles. The fraction of sp³-hybridized carbons (Fsp3) is 0. The van der Waals surface area contributed by atoms with Gasteiger partial charge < -0.3 is 5.32 Å². The maximum Gasteiger partial charge on any atom is 0.248 e. The van der Waals surface area contributed by atoms with Crippen LogP contribution in [0.3, 0.4) is 0 Å². The summed E-state index contributed by atoms with van der Waals surface area (Å²) >= 11 is 17.8. The maximum absolute atomic E-state index is 11.8. The van der Waals surface area contributed by atoms with Gasteiger partial charge in [-0.15, -0.1) is 0 Å². The number of nitrogens with one attached hydrogen (secondary N) is 1. The molecule has 0 saturated heterocycles. The van der Waals surface area contributed by atoms with Crippen molar-refractivity contribution >= 4 is 52.5 Å². The SMILES string of the molecule is O=C(C=Cc1ccc(Cl)cc1Cl)Nc1ccccc1Cl. The summed E-state index contributed by atoms with van der Waals surface area (Å²) in [6.45, 7) is 0. The van der Waals surface area contributed by atoms with E-state index in [-0.39, 0.29) is 5.91 Å². The van der Waals surface area contributed by atoms with E-state index in [9.17, 15) is 4.79 Å². The molecule has 0 aromatic heterocycles. The Morgan fingerprint density at radius 3 is 2.45 bits per heavy atom. The van der Waals surface area contributed by atoms with E-state index in [1.807, 2.05) is 0 Å². The lowest BCUT2D eigenvalue weighted by Gasteiger charge is -2.04. The molecule has 1 N–H and O–H groups in total. The Balaban J connectivity index is 2.08. The molecule has 2 aromatic rings. The first kappa shape index (κ1) is 14.9. The van der Waals surface area contributed by atoms with Crippen LogP contribution in [0.15, 0.2) is 48.5 Å². The molecule has 102 valence electrons. The zero-order valence-electron chi connectivity index (χ0n) is 10.2. The molecule has 0 bridgehead atoms. The Morgan fingerprint density at radius 1 is 1.00 bits per heavy atom. The Kier molecular flexibility index (Phi) is 5.07. The van der Waals surface area contributed by atoms with E-state index in [1.54, 1.807) is 48.5 Å². The fourth-order valence-corrected chi connectivity index (χ4v) is 2.19. The second-order valence-electron chi connectivity index (χ2n) is 3.97. The lowest BCUT2D eigenvalue weighted by atomic mass is 10.2. The first-order chi connectivity index (χ1) is 9.56. The zero-order chi connectivity index (χ0) is 14.5. The van der Waals surface area contributed by atoms with Crippen LogP contribution >= 0.6 is 34.8 Å². The third kappa shape index (κ3) is 4.01. The van der Waals surface area contributed by atoms with Crippen LogP contribution in [0.2, 0.25) is 15.1 Å². The first-order valence-corrected chi connectivity index (χ1v) is 6.88. The molecule has 0 fully saturated rings. The number of hydrogen-bond donors (Lipinski definition) is 1. The van der Waals surface area contributed by atoms with Gasteiger partial charge in [0.25, 0.3) is 0 Å². The Bertz CT molecular complexity index is 668. The molecule has 2 rings (SSSR count). The van der Waals surface area contributed by atoms with Crippen molar-refractivity contribution in [3.05, 3.63) is 69.2 Å². The van der Waals surface area contributed by atoms with Crippen molar-refractivity contribution < 1.29 is 4.79 Å². The highest BCUT2D eigenvalue weighted by Crippen LogP contribution is 2.23. The molecular weight excluding hydrogens is 317 g/mol. The van der Waals surface area contributed by atoms with Crippen molar-refractivity contribution in [3.8, 4) is 0 Å². The number of rotatable bonds is 3. The van der Waals surface area contributed by atoms with Crippen LogP contribution < -0.4 is 5.32 Å². The minimum atomic E-state index is -0.288. The number of benzene rings is 2. The highest BCUT2D eigenvalue weighted by Gasteiger charge is 2.02. The molecule has 0 saturated carbocycles. The lowest BCUT2D eigenvalue weighted by Crippen LogP contribution is -2.07. The Hall–Kier alpha value is -1.48. The second-order valence-corrected chi connectivity index (χ2v) is 5.22. The van der Waals surface area contributed by atoms with Crippen molar-refractivity contribution in [3.63, 3.8) is 0 Å². The van der Waals surface area contributed by atoms with E-state index in [4.69, 9.17) is 34.8 Å². The predicted molar refractivity (Wildman–Crippen MR) is 85.6 cm³/mol. The summed E-state index contributed by atoms with van der Waals surface area (Å²) in [5, 5.41) is 4.20. The second kappa shape index (κ2) is 6.80. The molecule has 2 aromatic carbocycles. The van der Waals surface area contributed by atoms with Crippen LogP contribution in [0.5, 0.6) is 0 Å². The average Bonchev–Trinajstić information content (AvgIpc) is 2.40. The van der Waals surface area contributed by atoms with E-state index < -0.39 is 0 Å². The van der Waals surface area contributed by atoms with Gasteiger partial charge in [-0.25, -0.2) is 0 Å². The minimum Gasteiger partial charge on any atom is -0.321 e. The van der Waals surface area contributed by atoms with Gasteiger partial charge in [0.05, 0.1) is 10.7 Å². The van der Waals surface area contributed by atoms with Crippen molar-refractivity contribution in [2.75, 3.05) is 5.32 Å². The standard InChI is InChI=1S/C15H10Cl3NO/c16-11-7-5-10(13(18)9-11)6-8-15(20)19-14-4-2-1-3-12(14)17/h1-9H,(H,19,20). The van der Waals surface area contributed by atoms with Crippen LogP contribution in [-0.4, -0.2) is 5.91 Å². The van der Waals surface area contributed by atoms with Crippen LogP contribution in [0.25, 0.3) is 6.08 Å². The number of anilines is 1. The molecule has 0 aliphatic heterocycles. The average molecular weight is 327 g/mol. The van der Waals surface area contributed by atoms with Crippen molar-refractivity contribution in [2.24, 2.45) is 0 Å². The summed E-state index contributed by atoms with van der Waals surface area (Å²) in [7, 11) is 0. The van der Waals surface area contributed by atoms with Crippen LogP contribution in [0.4, 0.5) is 5.69 Å². The van der Waals surface area contributed by atoms with Crippen molar-refractivity contribution in [1.29, 1.82) is 0 Å². The molecule has 0 atom stereocenters. The smallest absolute Gasteiger partial charge is 0.248 e. The summed E-state index contributed by atoms with van der Waals surface area (Å²) in [4.78, 5) is 11.8. The summed E-state index contributed by atoms with van der Waals surface area (Å²) in [6.07, 6.45) is 3.00. The van der Waals surface area contributed by atoms with Gasteiger partial charge in [0.2, 0.25) is 5.91 Å². The molecule has 20 heavy (non-hydrogen) atoms. The molecule has 5 heteroatoms. The summed E-state index contributed by atoms with van der Waals surface area (Å²) in [6, 6.07) is 12.1. The van der Waals surface area contributed by atoms with Gasteiger partial charge in [0, 0.05) is 16.1 Å². The fourth-order valence-electron chi connectivity index (χ4n) is 1.54. The minimum absolute atomic E-state index is 0.288. The molecule has 0 unspecified atom stereocenters. The van der Waals surface area contributed by atoms with Crippen LogP contribution in [-0.2, 0) is 4.79 Å². The lowest BCUT2D eigenvalue weighted by molar-refractivity contribution is -0.111. The summed E-state index contributed by atoms with van der Waals surface area (Å²) in [5.41, 5.74) is 1.27. The predicted octanol–water partition coefficient (Wildman–Crippen LogP) is 5.30. The molecule has 0 aliphatic rings. The normalized spacial score (nSPS) is 10.8. The number of hydrogen-bond acceptors (Lipinski definition) is 1. The van der Waals surface area contributed by atoms with Gasteiger partial charge >= 0.3 is 0 Å². The van der Waals surface area contributed by atoms with Crippen molar-refractivity contribution in [2.45, 2.75) is 0 Å². The van der Waals surface area contributed by atoms with E-state index in [0.717, 1.165) is 0 Å². The van der Waals surface area contributed by atoms with Gasteiger partial charge in [-0.2, -0.15) is 0 Å². The van der Waals surface area contributed by atoms with Gasteiger partial charge in [-0.05, 0) is 35.9 Å². The number of halogens is 3. The molecule has 0 aliphatic carbocycles. The van der Waals surface area contributed by atoms with Gasteiger partial charge in [0.15, 0.2) is 0 Å². The van der Waals surface area contributed by atoms with Gasteiger partial charge in [-0.1, -0.05) is 53.0 Å². The van der Waals surface area contributed by atoms with Crippen molar-refractivity contribution in [1.82, 2.24) is 0 Å². The maximum atomic E-state index is 11.8. The van der Waals surface area contributed by atoms with Gasteiger partial charge in [-0.3, -0.25) is 4.79 Å². The highest BCUT2D eigenvalue weighted by molar-refractivity contribution is 6.35. The molecule has 1 amide bonds. The Morgan fingerprint density at radius 2 is 1.75 bits per heavy atom. The molecule has 2 nitrogen and oxygen atoms in total. The molecular formula is C15H10Cl3NO. The van der Waals surface area contributed by atoms with E-state index in [1.165, 1.54) is 6.08 Å². The quantitative estimate of drug-likeness (QED) is 0.762. The molecule has 0 radical (unpaired) electrons. The summed E-state index contributed by atoms with van der Waals surface area (Å²) in [5.74, 6) is -0.288. The highest BCUT2D eigenvalue weighted by atomic mass is 35.5. The number of para-hydroxylation sites is 1. The third-order valence-electron chi connectivity index (χ3n) is 2.51. The van der Waals surface area contributed by atoms with E-state index >= 15 is 0 Å².